The molecule has 1 amide bonds. The van der Waals surface area contributed by atoms with Gasteiger partial charge in [0, 0.05) is 42.0 Å². The first-order valence-corrected chi connectivity index (χ1v) is 11.6. The Morgan fingerprint density at radius 3 is 2.73 bits per heavy atom. The van der Waals surface area contributed by atoms with E-state index in [1.54, 1.807) is 6.07 Å². The number of aromatic amines is 1. The summed E-state index contributed by atoms with van der Waals surface area (Å²) in [4.78, 5) is 17.9. The Bertz CT molecular complexity index is 1160. The van der Waals surface area contributed by atoms with Gasteiger partial charge in [-0.25, -0.2) is 8.78 Å². The van der Waals surface area contributed by atoms with E-state index in [4.69, 9.17) is 4.74 Å². The Balaban J connectivity index is 1.13. The zero-order chi connectivity index (χ0) is 23.2. The van der Waals surface area contributed by atoms with Gasteiger partial charge in [0.05, 0.1) is 0 Å². The fourth-order valence-corrected chi connectivity index (χ4v) is 4.97. The quantitative estimate of drug-likeness (QED) is 0.583. The van der Waals surface area contributed by atoms with Crippen LogP contribution >= 0.6 is 0 Å². The van der Waals surface area contributed by atoms with Gasteiger partial charge in [0.25, 0.3) is 5.91 Å². The van der Waals surface area contributed by atoms with Crippen molar-refractivity contribution in [1.29, 1.82) is 0 Å². The van der Waals surface area contributed by atoms with Crippen LogP contribution in [0.4, 0.5) is 8.78 Å². The SMILES string of the molecule is CC1(C)Cc2cccc(CN3CCC(CNC(=O)c4cc5cc(F)c(F)cc5[nH]4)CC3)c2O1. The Hall–Kier alpha value is -2.93. The third kappa shape index (κ3) is 4.60. The van der Waals surface area contributed by atoms with Gasteiger partial charge in [-0.05, 0) is 63.4 Å². The number of amides is 1. The number of halogens is 2. The van der Waals surface area contributed by atoms with Crippen molar-refractivity contribution in [1.82, 2.24) is 15.2 Å². The summed E-state index contributed by atoms with van der Waals surface area (Å²) in [6.45, 7) is 7.66. The zero-order valence-corrected chi connectivity index (χ0v) is 19.0. The van der Waals surface area contributed by atoms with Crippen LogP contribution in [0, 0.1) is 17.6 Å². The molecule has 3 aromatic rings. The number of hydrogen-bond donors (Lipinski definition) is 2. The van der Waals surface area contributed by atoms with Crippen LogP contribution in [0.15, 0.2) is 36.4 Å². The smallest absolute Gasteiger partial charge is 0.267 e. The number of carbonyl (C=O) groups excluding carboxylic acids is 1. The largest absolute Gasteiger partial charge is 0.487 e. The lowest BCUT2D eigenvalue weighted by Gasteiger charge is -2.32. The van der Waals surface area contributed by atoms with E-state index in [1.807, 2.05) is 0 Å². The Labute approximate surface area is 192 Å². The van der Waals surface area contributed by atoms with Crippen LogP contribution < -0.4 is 10.1 Å². The van der Waals surface area contributed by atoms with Crippen LogP contribution in [-0.4, -0.2) is 41.0 Å². The fraction of sp³-hybridized carbons (Fsp3) is 0.423. The molecule has 174 valence electrons. The summed E-state index contributed by atoms with van der Waals surface area (Å²) >= 11 is 0. The number of para-hydroxylation sites is 1. The highest BCUT2D eigenvalue weighted by atomic mass is 19.2. The van der Waals surface area contributed by atoms with E-state index >= 15 is 0 Å². The normalized spacial score (nSPS) is 18.3. The van der Waals surface area contributed by atoms with Crippen LogP contribution in [0.1, 0.15) is 48.3 Å². The number of hydrogen-bond acceptors (Lipinski definition) is 3. The van der Waals surface area contributed by atoms with Crippen LogP contribution in [0.3, 0.4) is 0 Å². The molecule has 3 heterocycles. The average molecular weight is 454 g/mol. The predicted molar refractivity (Wildman–Crippen MR) is 123 cm³/mol. The molecule has 0 aliphatic carbocycles. The lowest BCUT2D eigenvalue weighted by Crippen LogP contribution is -2.38. The molecule has 5 nitrogen and oxygen atoms in total. The molecule has 1 fully saturated rings. The van der Waals surface area contributed by atoms with Crippen molar-refractivity contribution < 1.29 is 18.3 Å². The number of likely N-dealkylation sites (tertiary alicyclic amines) is 1. The molecule has 2 aliphatic heterocycles. The second-order valence-corrected chi connectivity index (χ2v) is 9.91. The minimum Gasteiger partial charge on any atom is -0.487 e. The average Bonchev–Trinajstić information content (AvgIpc) is 3.33. The van der Waals surface area contributed by atoms with Crippen molar-refractivity contribution in [3.05, 3.63) is 64.9 Å². The molecule has 0 bridgehead atoms. The van der Waals surface area contributed by atoms with E-state index in [-0.39, 0.29) is 11.5 Å². The Morgan fingerprint density at radius 1 is 1.18 bits per heavy atom. The second kappa shape index (κ2) is 8.45. The second-order valence-electron chi connectivity index (χ2n) is 9.91. The summed E-state index contributed by atoms with van der Waals surface area (Å²) < 4.78 is 33.0. The van der Waals surface area contributed by atoms with Crippen molar-refractivity contribution in [3.8, 4) is 5.75 Å². The van der Waals surface area contributed by atoms with Crippen molar-refractivity contribution in [2.45, 2.75) is 45.3 Å². The van der Waals surface area contributed by atoms with Crippen molar-refractivity contribution >= 4 is 16.8 Å². The summed E-state index contributed by atoms with van der Waals surface area (Å²) in [6.07, 6.45) is 2.95. The van der Waals surface area contributed by atoms with Crippen molar-refractivity contribution in [2.24, 2.45) is 5.92 Å². The number of benzene rings is 2. The van der Waals surface area contributed by atoms with Gasteiger partial charge < -0.3 is 15.0 Å². The van der Waals surface area contributed by atoms with E-state index in [9.17, 15) is 13.6 Å². The van der Waals surface area contributed by atoms with Gasteiger partial charge in [-0.1, -0.05) is 18.2 Å². The lowest BCUT2D eigenvalue weighted by atomic mass is 9.96. The molecule has 0 spiro atoms. The molecule has 2 N–H and O–H groups in total. The highest BCUT2D eigenvalue weighted by Gasteiger charge is 2.32. The highest BCUT2D eigenvalue weighted by molar-refractivity contribution is 5.98. The molecule has 0 unspecified atom stereocenters. The molecule has 5 rings (SSSR count). The number of H-pyrrole nitrogens is 1. The molecular weight excluding hydrogens is 424 g/mol. The standard InChI is InChI=1S/C26H29F2N3O2/c1-26(2)13-17-4-3-5-18(24(17)33-26)15-31-8-6-16(7-9-31)14-29-25(32)23-11-19-10-20(27)21(28)12-22(19)30-23/h3-5,10-12,16,30H,6-9,13-15H2,1-2H3,(H,29,32). The first kappa shape index (κ1) is 21.9. The molecule has 2 aromatic carbocycles. The maximum atomic E-state index is 13.4. The van der Waals surface area contributed by atoms with Crippen LogP contribution in [0.5, 0.6) is 5.75 Å². The number of fused-ring (bicyclic) bond motifs is 2. The van der Waals surface area contributed by atoms with E-state index in [0.29, 0.717) is 29.1 Å². The van der Waals surface area contributed by atoms with Crippen LogP contribution in [0.2, 0.25) is 0 Å². The Morgan fingerprint density at radius 2 is 1.94 bits per heavy atom. The number of carbonyl (C=O) groups is 1. The topological polar surface area (TPSA) is 57.4 Å². The van der Waals surface area contributed by atoms with E-state index in [1.165, 1.54) is 11.1 Å². The van der Waals surface area contributed by atoms with Crippen molar-refractivity contribution in [3.63, 3.8) is 0 Å². The number of nitrogens with zero attached hydrogens (tertiary/aromatic N) is 1. The molecule has 0 radical (unpaired) electrons. The summed E-state index contributed by atoms with van der Waals surface area (Å²) in [6, 6.07) is 10.2. The summed E-state index contributed by atoms with van der Waals surface area (Å²) in [7, 11) is 0. The molecule has 2 aliphatic rings. The molecule has 33 heavy (non-hydrogen) atoms. The summed E-state index contributed by atoms with van der Waals surface area (Å²) in [5.41, 5.74) is 3.12. The molecule has 0 saturated carbocycles. The molecule has 1 aromatic heterocycles. The number of piperidine rings is 1. The third-order valence-corrected chi connectivity index (χ3v) is 6.73. The Kier molecular flexibility index (Phi) is 5.60. The summed E-state index contributed by atoms with van der Waals surface area (Å²) in [5, 5.41) is 3.45. The van der Waals surface area contributed by atoms with Gasteiger partial charge in [-0.3, -0.25) is 9.69 Å². The first-order chi connectivity index (χ1) is 15.8. The molecular formula is C26H29F2N3O2. The number of nitrogens with one attached hydrogen (secondary N) is 2. The number of aromatic nitrogens is 1. The maximum Gasteiger partial charge on any atom is 0.267 e. The van der Waals surface area contributed by atoms with Gasteiger partial charge in [0.15, 0.2) is 11.6 Å². The third-order valence-electron chi connectivity index (χ3n) is 6.73. The first-order valence-electron chi connectivity index (χ1n) is 11.6. The molecule has 0 atom stereocenters. The van der Waals surface area contributed by atoms with Crippen molar-refractivity contribution in [2.75, 3.05) is 19.6 Å². The fourth-order valence-electron chi connectivity index (χ4n) is 4.97. The maximum absolute atomic E-state index is 13.4. The lowest BCUT2D eigenvalue weighted by molar-refractivity contribution is 0.0930. The molecule has 7 heteroatoms. The van der Waals surface area contributed by atoms with Gasteiger partial charge in [0.2, 0.25) is 0 Å². The van der Waals surface area contributed by atoms with E-state index < -0.39 is 11.6 Å². The zero-order valence-electron chi connectivity index (χ0n) is 19.0. The number of ether oxygens (including phenoxy) is 1. The minimum absolute atomic E-state index is 0.142. The summed E-state index contributed by atoms with van der Waals surface area (Å²) in [5.74, 6) is -0.653. The van der Waals surface area contributed by atoms with E-state index in [2.05, 4.69) is 47.2 Å². The highest BCUT2D eigenvalue weighted by Crippen LogP contribution is 2.38. The molecule has 1 saturated heterocycles. The monoisotopic (exact) mass is 453 g/mol. The van der Waals surface area contributed by atoms with Gasteiger partial charge in [-0.15, -0.1) is 0 Å². The van der Waals surface area contributed by atoms with Crippen LogP contribution in [0.25, 0.3) is 10.9 Å². The van der Waals surface area contributed by atoms with E-state index in [0.717, 1.165) is 56.8 Å². The van der Waals surface area contributed by atoms with Gasteiger partial charge >= 0.3 is 0 Å². The van der Waals surface area contributed by atoms with Gasteiger partial charge in [0.1, 0.15) is 17.0 Å². The minimum atomic E-state index is -0.932. The number of rotatable bonds is 5. The van der Waals surface area contributed by atoms with Crippen LogP contribution in [-0.2, 0) is 13.0 Å². The van der Waals surface area contributed by atoms with Gasteiger partial charge in [-0.2, -0.15) is 0 Å². The predicted octanol–water partition coefficient (Wildman–Crippen LogP) is 4.80.